The Hall–Kier alpha value is -1.33. The van der Waals surface area contributed by atoms with Crippen molar-refractivity contribution in [1.29, 1.82) is 0 Å². The molecule has 1 heterocycles. The zero-order valence-corrected chi connectivity index (χ0v) is 9.88. The third-order valence-corrected chi connectivity index (χ3v) is 3.00. The van der Waals surface area contributed by atoms with Gasteiger partial charge in [-0.3, -0.25) is 0 Å². The van der Waals surface area contributed by atoms with Crippen LogP contribution in [0.15, 0.2) is 24.4 Å². The summed E-state index contributed by atoms with van der Waals surface area (Å²) in [4.78, 5) is 0. The first-order valence-corrected chi connectivity index (χ1v) is 5.66. The molecular weight excluding hydrogens is 225 g/mol. The van der Waals surface area contributed by atoms with E-state index in [4.69, 9.17) is 0 Å². The molecule has 0 saturated heterocycles. The Morgan fingerprint density at radius 2 is 2.25 bits per heavy atom. The van der Waals surface area contributed by atoms with Crippen molar-refractivity contribution < 1.29 is 4.39 Å². The van der Waals surface area contributed by atoms with E-state index >= 15 is 0 Å². The van der Waals surface area contributed by atoms with Crippen LogP contribution in [0.1, 0.15) is 22.9 Å². The summed E-state index contributed by atoms with van der Waals surface area (Å²) >= 11 is 1.17. The second-order valence-corrected chi connectivity index (χ2v) is 4.11. The summed E-state index contributed by atoms with van der Waals surface area (Å²) in [7, 11) is 1.85. The molecule has 16 heavy (non-hydrogen) atoms. The Balaban J connectivity index is 2.41. The monoisotopic (exact) mass is 237 g/mol. The SMILES string of the molecule is CNC(c1cnsn1)c1ccc(F)cc1C. The van der Waals surface area contributed by atoms with Gasteiger partial charge in [0.1, 0.15) is 5.82 Å². The fourth-order valence-electron chi connectivity index (χ4n) is 1.72. The lowest BCUT2D eigenvalue weighted by Crippen LogP contribution is -2.19. The number of hydrogen-bond donors (Lipinski definition) is 1. The van der Waals surface area contributed by atoms with Gasteiger partial charge in [0, 0.05) is 0 Å². The summed E-state index contributed by atoms with van der Waals surface area (Å²) in [6.07, 6.45) is 1.73. The van der Waals surface area contributed by atoms with Gasteiger partial charge in [-0.05, 0) is 37.2 Å². The molecule has 0 fully saturated rings. The van der Waals surface area contributed by atoms with Crippen molar-refractivity contribution in [3.8, 4) is 0 Å². The smallest absolute Gasteiger partial charge is 0.123 e. The summed E-state index contributed by atoms with van der Waals surface area (Å²) in [5, 5.41) is 3.16. The Kier molecular flexibility index (Phi) is 3.26. The lowest BCUT2D eigenvalue weighted by atomic mass is 9.99. The Morgan fingerprint density at radius 1 is 1.44 bits per heavy atom. The van der Waals surface area contributed by atoms with E-state index in [1.807, 2.05) is 14.0 Å². The first kappa shape index (κ1) is 11.2. The first-order valence-electron chi connectivity index (χ1n) is 4.93. The molecule has 0 aliphatic carbocycles. The van der Waals surface area contributed by atoms with Crippen LogP contribution < -0.4 is 5.32 Å². The van der Waals surface area contributed by atoms with Crippen molar-refractivity contribution in [2.45, 2.75) is 13.0 Å². The lowest BCUT2D eigenvalue weighted by molar-refractivity contribution is 0.620. The van der Waals surface area contributed by atoms with Crippen LogP contribution in [-0.2, 0) is 0 Å². The highest BCUT2D eigenvalue weighted by Crippen LogP contribution is 2.23. The van der Waals surface area contributed by atoms with Gasteiger partial charge >= 0.3 is 0 Å². The van der Waals surface area contributed by atoms with E-state index in [-0.39, 0.29) is 11.9 Å². The molecule has 0 aliphatic rings. The lowest BCUT2D eigenvalue weighted by Gasteiger charge is -2.16. The van der Waals surface area contributed by atoms with E-state index in [1.54, 1.807) is 12.3 Å². The van der Waals surface area contributed by atoms with Crippen molar-refractivity contribution in [3.05, 3.63) is 47.0 Å². The Labute approximate surface area is 97.7 Å². The Bertz CT molecular complexity index is 470. The van der Waals surface area contributed by atoms with Gasteiger partial charge in [-0.25, -0.2) is 4.39 Å². The van der Waals surface area contributed by atoms with E-state index in [1.165, 1.54) is 23.9 Å². The summed E-state index contributed by atoms with van der Waals surface area (Å²) in [6.45, 7) is 1.89. The van der Waals surface area contributed by atoms with Crippen LogP contribution in [0.3, 0.4) is 0 Å². The van der Waals surface area contributed by atoms with Gasteiger partial charge in [-0.15, -0.1) is 0 Å². The number of aryl methyl sites for hydroxylation is 1. The molecule has 0 radical (unpaired) electrons. The van der Waals surface area contributed by atoms with Crippen LogP contribution in [-0.4, -0.2) is 15.8 Å². The average molecular weight is 237 g/mol. The standard InChI is InChI=1S/C11H12FN3S/c1-7-5-8(12)3-4-9(7)11(13-2)10-6-14-16-15-10/h3-6,11,13H,1-2H3. The molecule has 2 rings (SSSR count). The number of hydrogen-bond acceptors (Lipinski definition) is 4. The molecule has 0 amide bonds. The maximum atomic E-state index is 13.0. The molecule has 1 aromatic heterocycles. The molecule has 1 unspecified atom stereocenters. The van der Waals surface area contributed by atoms with E-state index in [0.717, 1.165) is 16.8 Å². The highest BCUT2D eigenvalue weighted by molar-refractivity contribution is 6.99. The summed E-state index contributed by atoms with van der Waals surface area (Å²) < 4.78 is 21.2. The molecule has 2 aromatic rings. The fraction of sp³-hybridized carbons (Fsp3) is 0.273. The van der Waals surface area contributed by atoms with E-state index in [2.05, 4.69) is 14.1 Å². The Morgan fingerprint density at radius 3 is 2.81 bits per heavy atom. The molecule has 5 heteroatoms. The maximum Gasteiger partial charge on any atom is 0.123 e. The van der Waals surface area contributed by atoms with Crippen molar-refractivity contribution in [2.24, 2.45) is 0 Å². The molecule has 1 atom stereocenters. The zero-order chi connectivity index (χ0) is 11.5. The predicted molar refractivity (Wildman–Crippen MR) is 61.9 cm³/mol. The number of benzene rings is 1. The topological polar surface area (TPSA) is 37.8 Å². The minimum atomic E-state index is -0.215. The van der Waals surface area contributed by atoms with Crippen molar-refractivity contribution >= 4 is 11.7 Å². The molecule has 3 nitrogen and oxygen atoms in total. The molecule has 1 aromatic carbocycles. The van der Waals surface area contributed by atoms with E-state index in [9.17, 15) is 4.39 Å². The van der Waals surface area contributed by atoms with Gasteiger partial charge in [-0.1, -0.05) is 6.07 Å². The second-order valence-electron chi connectivity index (χ2n) is 3.55. The van der Waals surface area contributed by atoms with Gasteiger partial charge in [0.25, 0.3) is 0 Å². The largest absolute Gasteiger partial charge is 0.308 e. The summed E-state index contributed by atoms with van der Waals surface area (Å²) in [5.74, 6) is -0.215. The van der Waals surface area contributed by atoms with Gasteiger partial charge in [0.05, 0.1) is 29.7 Å². The van der Waals surface area contributed by atoms with Crippen LogP contribution in [0.5, 0.6) is 0 Å². The molecule has 0 bridgehead atoms. The third kappa shape index (κ3) is 2.10. The van der Waals surface area contributed by atoms with Crippen LogP contribution >= 0.6 is 11.7 Å². The van der Waals surface area contributed by atoms with Gasteiger partial charge < -0.3 is 5.32 Å². The minimum absolute atomic E-state index is 0.0284. The summed E-state index contributed by atoms with van der Waals surface area (Å²) in [6, 6.07) is 4.75. The number of aromatic nitrogens is 2. The summed E-state index contributed by atoms with van der Waals surface area (Å²) in [5.41, 5.74) is 2.80. The van der Waals surface area contributed by atoms with Crippen molar-refractivity contribution in [1.82, 2.24) is 14.1 Å². The number of halogens is 1. The molecule has 0 aliphatic heterocycles. The quantitative estimate of drug-likeness (QED) is 0.890. The zero-order valence-electron chi connectivity index (χ0n) is 9.07. The molecule has 0 spiro atoms. The average Bonchev–Trinajstić information content (AvgIpc) is 2.75. The second kappa shape index (κ2) is 4.67. The van der Waals surface area contributed by atoms with E-state index in [0.29, 0.717) is 0 Å². The van der Waals surface area contributed by atoms with E-state index < -0.39 is 0 Å². The molecular formula is C11H12FN3S. The van der Waals surface area contributed by atoms with Gasteiger partial charge in [0.2, 0.25) is 0 Å². The maximum absolute atomic E-state index is 13.0. The highest BCUT2D eigenvalue weighted by Gasteiger charge is 2.16. The third-order valence-electron chi connectivity index (χ3n) is 2.51. The van der Waals surface area contributed by atoms with Crippen LogP contribution in [0.2, 0.25) is 0 Å². The molecule has 84 valence electrons. The number of nitrogens with zero attached hydrogens (tertiary/aromatic N) is 2. The van der Waals surface area contributed by atoms with Gasteiger partial charge in [-0.2, -0.15) is 8.75 Å². The highest BCUT2D eigenvalue weighted by atomic mass is 32.1. The van der Waals surface area contributed by atoms with Crippen LogP contribution in [0, 0.1) is 12.7 Å². The van der Waals surface area contributed by atoms with Crippen molar-refractivity contribution in [3.63, 3.8) is 0 Å². The van der Waals surface area contributed by atoms with Crippen LogP contribution in [0.25, 0.3) is 0 Å². The normalized spacial score (nSPS) is 12.7. The number of rotatable bonds is 3. The predicted octanol–water partition coefficient (Wildman–Crippen LogP) is 2.29. The minimum Gasteiger partial charge on any atom is -0.308 e. The van der Waals surface area contributed by atoms with Crippen LogP contribution in [0.4, 0.5) is 4.39 Å². The molecule has 1 N–H and O–H groups in total. The van der Waals surface area contributed by atoms with Crippen molar-refractivity contribution in [2.75, 3.05) is 7.05 Å². The molecule has 0 saturated carbocycles. The van der Waals surface area contributed by atoms with Gasteiger partial charge in [0.15, 0.2) is 0 Å². The fourth-order valence-corrected chi connectivity index (χ4v) is 2.17. The number of nitrogens with one attached hydrogen (secondary N) is 1. The first-order chi connectivity index (χ1) is 7.72.